The number of carbonyl (C=O) groups is 1. The first kappa shape index (κ1) is 22.6. The Morgan fingerprint density at radius 1 is 1.28 bits per heavy atom. The fourth-order valence-corrected chi connectivity index (χ4v) is 4.29. The highest BCUT2D eigenvalue weighted by Crippen LogP contribution is 2.28. The molecule has 0 aliphatic heterocycles. The maximum Gasteiger partial charge on any atom is 0.271 e. The van der Waals surface area contributed by atoms with Crippen molar-refractivity contribution in [3.05, 3.63) is 57.1 Å². The first-order chi connectivity index (χ1) is 13.6. The van der Waals surface area contributed by atoms with E-state index in [0.717, 1.165) is 4.31 Å². The summed E-state index contributed by atoms with van der Waals surface area (Å²) in [5.41, 5.74) is 0.667. The van der Waals surface area contributed by atoms with Crippen molar-refractivity contribution in [3.8, 4) is 5.75 Å². The fourth-order valence-electron chi connectivity index (χ4n) is 2.53. The summed E-state index contributed by atoms with van der Waals surface area (Å²) in [6.45, 7) is 2.83. The summed E-state index contributed by atoms with van der Waals surface area (Å²) in [5.74, 6) is -0.300. The molecule has 0 unspecified atom stereocenters. The molecule has 9 nitrogen and oxygen atoms in total. The molecule has 0 aliphatic rings. The molecule has 0 spiro atoms. The Bertz CT molecular complexity index is 1040. The van der Waals surface area contributed by atoms with Gasteiger partial charge >= 0.3 is 0 Å². The number of likely N-dealkylation sites (N-methyl/N-ethyl adjacent to an activating group) is 1. The summed E-state index contributed by atoms with van der Waals surface area (Å²) in [6.07, 6.45) is 0. The average molecular weight is 442 g/mol. The molecular formula is C18H20ClN3O6S. The second-order valence-electron chi connectivity index (χ2n) is 6.03. The van der Waals surface area contributed by atoms with Gasteiger partial charge in [-0.3, -0.25) is 14.9 Å². The predicted molar refractivity (Wildman–Crippen MR) is 109 cm³/mol. The van der Waals surface area contributed by atoms with Gasteiger partial charge in [0.05, 0.1) is 34.2 Å². The second kappa shape index (κ2) is 9.21. The summed E-state index contributed by atoms with van der Waals surface area (Å²) >= 11 is 6.01. The van der Waals surface area contributed by atoms with Gasteiger partial charge < -0.3 is 10.1 Å². The number of ether oxygens (including phenoxy) is 1. The van der Waals surface area contributed by atoms with Gasteiger partial charge in [-0.15, -0.1) is 0 Å². The van der Waals surface area contributed by atoms with Crippen molar-refractivity contribution in [2.24, 2.45) is 0 Å². The van der Waals surface area contributed by atoms with Crippen LogP contribution in [0.25, 0.3) is 0 Å². The van der Waals surface area contributed by atoms with Crippen molar-refractivity contribution < 1.29 is 22.9 Å². The van der Waals surface area contributed by atoms with Crippen LogP contribution in [0.3, 0.4) is 0 Å². The van der Waals surface area contributed by atoms with Crippen molar-refractivity contribution in [2.75, 3.05) is 25.5 Å². The number of nitro benzene ring substituents is 1. The van der Waals surface area contributed by atoms with E-state index >= 15 is 0 Å². The lowest BCUT2D eigenvalue weighted by molar-refractivity contribution is -0.384. The molecule has 11 heteroatoms. The summed E-state index contributed by atoms with van der Waals surface area (Å²) in [6, 6.07) is 8.06. The summed E-state index contributed by atoms with van der Waals surface area (Å²) < 4.78 is 31.7. The number of nitrogens with zero attached hydrogens (tertiary/aromatic N) is 2. The third-order valence-corrected chi connectivity index (χ3v) is 6.35. The average Bonchev–Trinajstić information content (AvgIpc) is 2.67. The molecule has 2 aromatic rings. The van der Waals surface area contributed by atoms with E-state index in [1.807, 2.05) is 0 Å². The number of amides is 1. The lowest BCUT2D eigenvalue weighted by atomic mass is 10.2. The topological polar surface area (TPSA) is 119 Å². The molecule has 29 heavy (non-hydrogen) atoms. The molecule has 2 rings (SSSR count). The van der Waals surface area contributed by atoms with Gasteiger partial charge in [0, 0.05) is 18.7 Å². The van der Waals surface area contributed by atoms with Crippen molar-refractivity contribution in [1.29, 1.82) is 0 Å². The van der Waals surface area contributed by atoms with E-state index < -0.39 is 27.4 Å². The zero-order valence-electron chi connectivity index (χ0n) is 16.0. The molecule has 0 atom stereocenters. The minimum Gasteiger partial charge on any atom is -0.495 e. The lowest BCUT2D eigenvalue weighted by Gasteiger charge is -2.20. The number of hydrogen-bond acceptors (Lipinski definition) is 6. The van der Waals surface area contributed by atoms with E-state index in [4.69, 9.17) is 16.3 Å². The number of carbonyl (C=O) groups excluding carboxylic acids is 1. The SMILES string of the molecule is CCN(CC(=O)Nc1cc([N+](=O)[O-])ccc1C)S(=O)(=O)c1ccc(OC)c(Cl)c1. The molecule has 1 amide bonds. The number of sulfonamides is 1. The van der Waals surface area contributed by atoms with E-state index in [1.165, 1.54) is 43.5 Å². The van der Waals surface area contributed by atoms with E-state index in [2.05, 4.69) is 5.32 Å². The number of anilines is 1. The number of halogens is 1. The van der Waals surface area contributed by atoms with Crippen LogP contribution in [0.5, 0.6) is 5.75 Å². The van der Waals surface area contributed by atoms with Crippen molar-refractivity contribution in [1.82, 2.24) is 4.31 Å². The van der Waals surface area contributed by atoms with Gasteiger partial charge in [-0.05, 0) is 30.7 Å². The van der Waals surface area contributed by atoms with Crippen LogP contribution in [0.2, 0.25) is 5.02 Å². The van der Waals surface area contributed by atoms with Crippen LogP contribution in [0.4, 0.5) is 11.4 Å². The molecule has 0 radical (unpaired) electrons. The van der Waals surface area contributed by atoms with Crippen LogP contribution in [0.1, 0.15) is 12.5 Å². The van der Waals surface area contributed by atoms with E-state index in [-0.39, 0.29) is 27.8 Å². The maximum absolute atomic E-state index is 12.9. The largest absolute Gasteiger partial charge is 0.495 e. The number of nitro groups is 1. The van der Waals surface area contributed by atoms with Gasteiger partial charge in [-0.1, -0.05) is 24.6 Å². The Kier molecular flexibility index (Phi) is 7.17. The van der Waals surface area contributed by atoms with Crippen LogP contribution < -0.4 is 10.1 Å². The summed E-state index contributed by atoms with van der Waals surface area (Å²) in [5, 5.41) is 13.6. The summed E-state index contributed by atoms with van der Waals surface area (Å²) in [7, 11) is -2.58. The molecule has 0 aromatic heterocycles. The smallest absolute Gasteiger partial charge is 0.271 e. The van der Waals surface area contributed by atoms with Crippen LogP contribution in [-0.2, 0) is 14.8 Å². The minimum absolute atomic E-state index is 0.0350. The second-order valence-corrected chi connectivity index (χ2v) is 8.38. The molecule has 1 N–H and O–H groups in total. The van der Waals surface area contributed by atoms with Crippen molar-refractivity contribution >= 4 is 38.9 Å². The van der Waals surface area contributed by atoms with Crippen LogP contribution in [0.15, 0.2) is 41.3 Å². The number of aryl methyl sites for hydroxylation is 1. The monoisotopic (exact) mass is 441 g/mol. The van der Waals surface area contributed by atoms with Crippen LogP contribution in [-0.4, -0.2) is 43.8 Å². The molecular weight excluding hydrogens is 422 g/mol. The van der Waals surface area contributed by atoms with E-state index in [1.54, 1.807) is 13.8 Å². The number of rotatable bonds is 8. The number of benzene rings is 2. The zero-order valence-corrected chi connectivity index (χ0v) is 17.6. The number of methoxy groups -OCH3 is 1. The van der Waals surface area contributed by atoms with E-state index in [0.29, 0.717) is 11.3 Å². The Morgan fingerprint density at radius 3 is 2.52 bits per heavy atom. The summed E-state index contributed by atoms with van der Waals surface area (Å²) in [4.78, 5) is 22.7. The van der Waals surface area contributed by atoms with Gasteiger partial charge in [0.2, 0.25) is 15.9 Å². The Labute approximate surface area is 173 Å². The number of hydrogen-bond donors (Lipinski definition) is 1. The highest BCUT2D eigenvalue weighted by molar-refractivity contribution is 7.89. The molecule has 0 aliphatic carbocycles. The lowest BCUT2D eigenvalue weighted by Crippen LogP contribution is -2.37. The molecule has 0 fully saturated rings. The van der Waals surface area contributed by atoms with Crippen molar-refractivity contribution in [2.45, 2.75) is 18.7 Å². The predicted octanol–water partition coefficient (Wildman–Crippen LogP) is 3.21. The van der Waals surface area contributed by atoms with Gasteiger partial charge in [-0.25, -0.2) is 8.42 Å². The first-order valence-corrected chi connectivity index (χ1v) is 10.3. The van der Waals surface area contributed by atoms with Gasteiger partial charge in [-0.2, -0.15) is 4.31 Å². The van der Waals surface area contributed by atoms with Gasteiger partial charge in [0.25, 0.3) is 5.69 Å². The Hall–Kier alpha value is -2.69. The zero-order chi connectivity index (χ0) is 21.8. The molecule has 156 valence electrons. The standard InChI is InChI=1S/C18H20ClN3O6S/c1-4-21(29(26,27)14-7-8-17(28-3)15(19)10-14)11-18(23)20-16-9-13(22(24)25)6-5-12(16)2/h5-10H,4,11H2,1-3H3,(H,20,23). The Morgan fingerprint density at radius 2 is 1.97 bits per heavy atom. The number of nitrogens with one attached hydrogen (secondary N) is 1. The third-order valence-electron chi connectivity index (χ3n) is 4.14. The highest BCUT2D eigenvalue weighted by Gasteiger charge is 2.26. The van der Waals surface area contributed by atoms with Crippen molar-refractivity contribution in [3.63, 3.8) is 0 Å². The molecule has 0 heterocycles. The molecule has 0 saturated heterocycles. The third kappa shape index (κ3) is 5.22. The quantitative estimate of drug-likeness (QED) is 0.496. The normalized spacial score (nSPS) is 11.3. The number of non-ortho nitro benzene ring substituents is 1. The molecule has 2 aromatic carbocycles. The fraction of sp³-hybridized carbons (Fsp3) is 0.278. The van der Waals surface area contributed by atoms with Gasteiger partial charge in [0.15, 0.2) is 0 Å². The Balaban J connectivity index is 2.22. The van der Waals surface area contributed by atoms with E-state index in [9.17, 15) is 23.3 Å². The highest BCUT2D eigenvalue weighted by atomic mass is 35.5. The van der Waals surface area contributed by atoms with Crippen LogP contribution in [0, 0.1) is 17.0 Å². The van der Waals surface area contributed by atoms with Crippen LogP contribution >= 0.6 is 11.6 Å². The minimum atomic E-state index is -3.99. The first-order valence-electron chi connectivity index (χ1n) is 8.48. The maximum atomic E-state index is 12.9. The van der Waals surface area contributed by atoms with Gasteiger partial charge in [0.1, 0.15) is 5.75 Å². The molecule has 0 saturated carbocycles. The molecule has 0 bridgehead atoms.